The summed E-state index contributed by atoms with van der Waals surface area (Å²) in [5.74, 6) is -0.0942. The summed E-state index contributed by atoms with van der Waals surface area (Å²) in [7, 11) is 0. The van der Waals surface area contributed by atoms with Gasteiger partial charge in [-0.3, -0.25) is 9.59 Å². The molecular weight excluding hydrogens is 348 g/mol. The van der Waals surface area contributed by atoms with Crippen LogP contribution in [0.5, 0.6) is 0 Å². The normalized spacial score (nSPS) is 15.9. The molecule has 0 radical (unpaired) electrons. The van der Waals surface area contributed by atoms with E-state index < -0.39 is 0 Å². The van der Waals surface area contributed by atoms with Crippen LogP contribution in [-0.2, 0) is 4.79 Å². The first kappa shape index (κ1) is 16.9. The van der Waals surface area contributed by atoms with Crippen LogP contribution in [0.4, 0.5) is 5.69 Å². The van der Waals surface area contributed by atoms with Gasteiger partial charge in [0.2, 0.25) is 4.96 Å². The van der Waals surface area contributed by atoms with Crippen LogP contribution < -0.4 is 15.0 Å². The average Bonchev–Trinajstić information content (AvgIpc) is 3.30. The highest BCUT2D eigenvalue weighted by molar-refractivity contribution is 7.15. The van der Waals surface area contributed by atoms with E-state index in [0.29, 0.717) is 21.6 Å². The van der Waals surface area contributed by atoms with Gasteiger partial charge in [0.25, 0.3) is 11.5 Å². The van der Waals surface area contributed by atoms with Crippen molar-refractivity contribution in [2.75, 3.05) is 11.4 Å². The van der Waals surface area contributed by atoms with Gasteiger partial charge in [-0.05, 0) is 12.5 Å². The fourth-order valence-electron chi connectivity index (χ4n) is 3.42. The van der Waals surface area contributed by atoms with E-state index in [9.17, 15) is 9.59 Å². The Hall–Kier alpha value is -2.54. The number of benzene rings is 1. The Morgan fingerprint density at radius 1 is 1.08 bits per heavy atom. The van der Waals surface area contributed by atoms with Gasteiger partial charge >= 0.3 is 0 Å². The molecule has 6 nitrogen and oxygen atoms in total. The number of thiazole rings is 1. The molecule has 1 aliphatic rings. The molecule has 7 heteroatoms. The second kappa shape index (κ2) is 6.99. The van der Waals surface area contributed by atoms with E-state index in [1.165, 1.54) is 41.4 Å². The summed E-state index contributed by atoms with van der Waals surface area (Å²) >= 11 is 1.22. The molecule has 4 rings (SSSR count). The molecule has 134 valence electrons. The van der Waals surface area contributed by atoms with Crippen LogP contribution in [0.15, 0.2) is 35.4 Å². The SMILES string of the molecule is CCCCCCCN1C(=O)/C(=c2\sc3ncnn3c2=O)c2ccccc21. The monoisotopic (exact) mass is 368 g/mol. The zero-order valence-electron chi connectivity index (χ0n) is 14.6. The lowest BCUT2D eigenvalue weighted by atomic mass is 10.1. The van der Waals surface area contributed by atoms with Gasteiger partial charge in [0.1, 0.15) is 10.9 Å². The van der Waals surface area contributed by atoms with Gasteiger partial charge in [-0.25, -0.2) is 4.98 Å². The Kier molecular flexibility index (Phi) is 4.55. The summed E-state index contributed by atoms with van der Waals surface area (Å²) in [6, 6.07) is 7.70. The zero-order chi connectivity index (χ0) is 18.1. The maximum atomic E-state index is 13.1. The lowest BCUT2D eigenvalue weighted by Gasteiger charge is -2.16. The van der Waals surface area contributed by atoms with E-state index in [1.807, 2.05) is 29.2 Å². The number of hydrogen-bond acceptors (Lipinski definition) is 5. The standard InChI is InChI=1S/C19H20N4O2S/c1-2-3-4-5-8-11-22-14-10-7-6-9-13(14)15(17(22)24)16-18(25)23-19(26-16)20-12-21-23/h6-7,9-10,12H,2-5,8,11H2,1H3/b16-15-. The zero-order valence-corrected chi connectivity index (χ0v) is 15.5. The molecule has 0 unspecified atom stereocenters. The van der Waals surface area contributed by atoms with Crippen molar-refractivity contribution in [1.29, 1.82) is 0 Å². The Morgan fingerprint density at radius 3 is 2.69 bits per heavy atom. The minimum Gasteiger partial charge on any atom is -0.308 e. The van der Waals surface area contributed by atoms with E-state index >= 15 is 0 Å². The van der Waals surface area contributed by atoms with Crippen molar-refractivity contribution in [2.45, 2.75) is 39.0 Å². The molecule has 26 heavy (non-hydrogen) atoms. The van der Waals surface area contributed by atoms with Crippen LogP contribution >= 0.6 is 11.3 Å². The molecule has 0 spiro atoms. The minimum atomic E-state index is -0.273. The molecule has 3 heterocycles. The van der Waals surface area contributed by atoms with Gasteiger partial charge in [0, 0.05) is 12.1 Å². The van der Waals surface area contributed by atoms with Crippen molar-refractivity contribution in [3.63, 3.8) is 0 Å². The number of anilines is 1. The van der Waals surface area contributed by atoms with E-state index in [4.69, 9.17) is 0 Å². The van der Waals surface area contributed by atoms with E-state index in [1.54, 1.807) is 0 Å². The van der Waals surface area contributed by atoms with Gasteiger partial charge in [0.15, 0.2) is 0 Å². The first-order chi connectivity index (χ1) is 12.7. The van der Waals surface area contributed by atoms with Gasteiger partial charge in [-0.15, -0.1) is 0 Å². The van der Waals surface area contributed by atoms with Gasteiger partial charge < -0.3 is 4.90 Å². The number of hydrogen-bond donors (Lipinski definition) is 0. The number of amides is 1. The molecule has 0 fully saturated rings. The number of rotatable bonds is 6. The van der Waals surface area contributed by atoms with E-state index in [-0.39, 0.29) is 11.5 Å². The number of nitrogens with zero attached hydrogens (tertiary/aromatic N) is 4. The van der Waals surface area contributed by atoms with Crippen LogP contribution in [0.25, 0.3) is 10.5 Å². The highest BCUT2D eigenvalue weighted by Crippen LogP contribution is 2.35. The highest BCUT2D eigenvalue weighted by Gasteiger charge is 2.33. The third-order valence-electron chi connectivity index (χ3n) is 4.73. The van der Waals surface area contributed by atoms with Crippen molar-refractivity contribution in [2.24, 2.45) is 0 Å². The van der Waals surface area contributed by atoms with Crippen LogP contribution in [0, 0.1) is 0 Å². The van der Waals surface area contributed by atoms with Crippen LogP contribution in [0.1, 0.15) is 44.6 Å². The van der Waals surface area contributed by atoms with Crippen molar-refractivity contribution < 1.29 is 4.79 Å². The van der Waals surface area contributed by atoms with E-state index in [2.05, 4.69) is 17.0 Å². The summed E-state index contributed by atoms with van der Waals surface area (Å²) in [5.41, 5.74) is 1.93. The summed E-state index contributed by atoms with van der Waals surface area (Å²) in [6.45, 7) is 2.87. The Balaban J connectivity index is 1.74. The second-order valence-electron chi connectivity index (χ2n) is 6.45. The molecule has 2 aromatic heterocycles. The molecule has 1 amide bonds. The highest BCUT2D eigenvalue weighted by atomic mass is 32.1. The molecule has 0 atom stereocenters. The van der Waals surface area contributed by atoms with E-state index in [0.717, 1.165) is 24.1 Å². The smallest absolute Gasteiger partial charge is 0.291 e. The van der Waals surface area contributed by atoms with Gasteiger partial charge in [-0.2, -0.15) is 9.61 Å². The topological polar surface area (TPSA) is 67.6 Å². The molecule has 0 saturated heterocycles. The summed E-state index contributed by atoms with van der Waals surface area (Å²) in [4.78, 5) is 32.2. The molecule has 1 aromatic carbocycles. The summed E-state index contributed by atoms with van der Waals surface area (Å²) in [6.07, 6.45) is 7.04. The average molecular weight is 368 g/mol. The molecule has 0 bridgehead atoms. The lowest BCUT2D eigenvalue weighted by molar-refractivity contribution is -0.113. The molecule has 0 aliphatic carbocycles. The Bertz CT molecular complexity index is 1070. The largest absolute Gasteiger partial charge is 0.308 e. The van der Waals surface area contributed by atoms with Crippen molar-refractivity contribution >= 4 is 33.5 Å². The molecule has 0 saturated carbocycles. The maximum Gasteiger partial charge on any atom is 0.291 e. The molecule has 0 N–H and O–H groups in total. The predicted molar refractivity (Wildman–Crippen MR) is 102 cm³/mol. The summed E-state index contributed by atoms with van der Waals surface area (Å²) < 4.78 is 1.68. The van der Waals surface area contributed by atoms with Crippen LogP contribution in [-0.4, -0.2) is 27.0 Å². The van der Waals surface area contributed by atoms with Gasteiger partial charge in [-0.1, -0.05) is 62.1 Å². The lowest BCUT2D eigenvalue weighted by Crippen LogP contribution is -2.33. The Labute approximate surface area is 154 Å². The molecular formula is C19H20N4O2S. The molecule has 1 aliphatic heterocycles. The van der Waals surface area contributed by atoms with Gasteiger partial charge in [0.05, 0.1) is 11.3 Å². The third-order valence-corrected chi connectivity index (χ3v) is 5.78. The number of fused-ring (bicyclic) bond motifs is 2. The first-order valence-electron chi connectivity index (χ1n) is 9.00. The van der Waals surface area contributed by atoms with Crippen LogP contribution in [0.2, 0.25) is 0 Å². The fraction of sp³-hybridized carbons (Fsp3) is 0.368. The number of unbranched alkanes of at least 4 members (excludes halogenated alkanes) is 4. The quantitative estimate of drug-likeness (QED) is 0.627. The predicted octanol–water partition coefficient (Wildman–Crippen LogP) is 2.39. The third kappa shape index (κ3) is 2.72. The number of carbonyl (C=O) groups is 1. The second-order valence-corrected chi connectivity index (χ2v) is 7.43. The number of para-hydroxylation sites is 1. The summed E-state index contributed by atoms with van der Waals surface area (Å²) in [5, 5.41) is 3.95. The number of carbonyl (C=O) groups excluding carboxylic acids is 1. The van der Waals surface area contributed by atoms with Crippen molar-refractivity contribution in [1.82, 2.24) is 14.6 Å². The van der Waals surface area contributed by atoms with Crippen LogP contribution in [0.3, 0.4) is 0 Å². The maximum absolute atomic E-state index is 13.1. The van der Waals surface area contributed by atoms with Crippen molar-refractivity contribution in [3.8, 4) is 0 Å². The fourth-order valence-corrected chi connectivity index (χ4v) is 4.40. The number of aromatic nitrogens is 3. The first-order valence-corrected chi connectivity index (χ1v) is 9.82. The minimum absolute atomic E-state index is 0.0942. The Morgan fingerprint density at radius 2 is 1.88 bits per heavy atom. The molecule has 3 aromatic rings. The van der Waals surface area contributed by atoms with Crippen molar-refractivity contribution in [3.05, 3.63) is 51.0 Å².